The zero-order valence-corrected chi connectivity index (χ0v) is 11.0. The Kier molecular flexibility index (Phi) is 2.40. The second-order valence-electron chi connectivity index (χ2n) is 5.64. The van der Waals surface area contributed by atoms with Crippen LogP contribution in [0, 0.1) is 0 Å². The van der Waals surface area contributed by atoms with Crippen LogP contribution in [0.2, 0.25) is 0 Å². The number of hydrogen-bond acceptors (Lipinski definition) is 2. The highest BCUT2D eigenvalue weighted by atomic mass is 16.1. The molecule has 2 unspecified atom stereocenters. The molecular weight excluding hydrogens is 248 g/mol. The van der Waals surface area contributed by atoms with Gasteiger partial charge in [0, 0.05) is 24.3 Å². The van der Waals surface area contributed by atoms with Gasteiger partial charge in [-0.15, -0.1) is 0 Å². The minimum absolute atomic E-state index is 0.0230. The van der Waals surface area contributed by atoms with Crippen LogP contribution in [0.3, 0.4) is 0 Å². The monoisotopic (exact) mass is 262 g/mol. The van der Waals surface area contributed by atoms with Crippen molar-refractivity contribution in [3.05, 3.63) is 70.8 Å². The third-order valence-electron chi connectivity index (χ3n) is 4.57. The Balaban J connectivity index is 1.84. The maximum absolute atomic E-state index is 12.4. The van der Waals surface area contributed by atoms with Crippen LogP contribution in [0.4, 0.5) is 0 Å². The first-order chi connectivity index (χ1) is 9.75. The van der Waals surface area contributed by atoms with Gasteiger partial charge in [0.1, 0.15) is 5.78 Å². The van der Waals surface area contributed by atoms with Crippen molar-refractivity contribution in [2.24, 2.45) is 0 Å². The topological polar surface area (TPSA) is 34.1 Å². The second kappa shape index (κ2) is 4.14. The highest BCUT2D eigenvalue weighted by molar-refractivity contribution is 6.03. The molecule has 98 valence electrons. The maximum Gasteiger partial charge on any atom is 0.163 e. The Morgan fingerprint density at radius 2 is 1.55 bits per heavy atom. The summed E-state index contributed by atoms with van der Waals surface area (Å²) in [6, 6.07) is 15.7. The van der Waals surface area contributed by atoms with Gasteiger partial charge >= 0.3 is 0 Å². The van der Waals surface area contributed by atoms with Gasteiger partial charge in [0.25, 0.3) is 0 Å². The summed E-state index contributed by atoms with van der Waals surface area (Å²) in [6.07, 6.45) is 0.970. The third-order valence-corrected chi connectivity index (χ3v) is 4.57. The lowest BCUT2D eigenvalue weighted by molar-refractivity contribution is -0.119. The Hall–Kier alpha value is -2.22. The second-order valence-corrected chi connectivity index (χ2v) is 5.64. The van der Waals surface area contributed by atoms with E-state index in [1.165, 1.54) is 0 Å². The van der Waals surface area contributed by atoms with Crippen molar-refractivity contribution in [3.63, 3.8) is 0 Å². The van der Waals surface area contributed by atoms with Gasteiger partial charge in [-0.3, -0.25) is 9.59 Å². The number of rotatable bonds is 1. The van der Waals surface area contributed by atoms with Crippen molar-refractivity contribution in [1.29, 1.82) is 0 Å². The Morgan fingerprint density at radius 1 is 0.850 bits per heavy atom. The molecule has 2 aliphatic rings. The fraction of sp³-hybridized carbons (Fsp3) is 0.222. The lowest BCUT2D eigenvalue weighted by Crippen LogP contribution is -2.14. The largest absolute Gasteiger partial charge is 0.299 e. The molecule has 20 heavy (non-hydrogen) atoms. The van der Waals surface area contributed by atoms with Crippen LogP contribution in [-0.2, 0) is 11.2 Å². The molecule has 0 saturated heterocycles. The van der Waals surface area contributed by atoms with E-state index in [0.29, 0.717) is 12.8 Å². The molecule has 4 rings (SSSR count). The SMILES string of the molecule is O=C1CC(C2C(=O)Cc3ccccc32)c2ccccc21. The average Bonchev–Trinajstić information content (AvgIpc) is 2.96. The first-order valence-electron chi connectivity index (χ1n) is 6.98. The predicted molar refractivity (Wildman–Crippen MR) is 76.0 cm³/mol. The zero-order chi connectivity index (χ0) is 13.7. The number of hydrogen-bond donors (Lipinski definition) is 0. The van der Waals surface area contributed by atoms with Gasteiger partial charge < -0.3 is 0 Å². The maximum atomic E-state index is 12.4. The number of benzene rings is 2. The first kappa shape index (κ1) is 11.6. The number of Topliss-reactive ketones (excluding diaryl/α,β-unsaturated/α-hetero) is 2. The molecule has 2 atom stereocenters. The van der Waals surface area contributed by atoms with Gasteiger partial charge in [-0.25, -0.2) is 0 Å². The van der Waals surface area contributed by atoms with Crippen molar-refractivity contribution in [3.8, 4) is 0 Å². The molecule has 0 aromatic heterocycles. The first-order valence-corrected chi connectivity index (χ1v) is 6.98. The standard InChI is InChI=1S/C18H14O2/c19-16-10-15(13-7-3-4-8-14(13)16)18-12-6-2-1-5-11(12)9-17(18)20/h1-8,15,18H,9-10H2. The lowest BCUT2D eigenvalue weighted by Gasteiger charge is -2.18. The van der Waals surface area contributed by atoms with E-state index in [4.69, 9.17) is 0 Å². The molecule has 0 radical (unpaired) electrons. The third kappa shape index (κ3) is 1.51. The molecule has 0 amide bonds. The van der Waals surface area contributed by atoms with Gasteiger partial charge in [-0.1, -0.05) is 48.5 Å². The summed E-state index contributed by atoms with van der Waals surface area (Å²) < 4.78 is 0. The summed E-state index contributed by atoms with van der Waals surface area (Å²) >= 11 is 0. The Morgan fingerprint density at radius 3 is 2.40 bits per heavy atom. The molecular formula is C18H14O2. The molecule has 2 aliphatic carbocycles. The van der Waals surface area contributed by atoms with Crippen LogP contribution in [0.25, 0.3) is 0 Å². The van der Waals surface area contributed by atoms with Crippen molar-refractivity contribution < 1.29 is 9.59 Å². The minimum Gasteiger partial charge on any atom is -0.299 e. The normalized spacial score (nSPS) is 23.8. The fourth-order valence-corrected chi connectivity index (χ4v) is 3.70. The summed E-state index contributed by atoms with van der Waals surface area (Å²) in [7, 11) is 0. The van der Waals surface area contributed by atoms with Crippen molar-refractivity contribution in [2.45, 2.75) is 24.7 Å². The van der Waals surface area contributed by atoms with E-state index in [1.54, 1.807) is 0 Å². The van der Waals surface area contributed by atoms with Crippen LogP contribution in [0.5, 0.6) is 0 Å². The van der Waals surface area contributed by atoms with Crippen LogP contribution >= 0.6 is 0 Å². The van der Waals surface area contributed by atoms with E-state index in [9.17, 15) is 9.59 Å². The summed E-state index contributed by atoms with van der Waals surface area (Å²) in [4.78, 5) is 24.6. The smallest absolute Gasteiger partial charge is 0.163 e. The predicted octanol–water partition coefficient (Wildman–Crippen LogP) is 3.27. The van der Waals surface area contributed by atoms with Gasteiger partial charge in [0.05, 0.1) is 5.92 Å². The highest BCUT2D eigenvalue weighted by Gasteiger charge is 2.42. The molecule has 0 bridgehead atoms. The van der Waals surface area contributed by atoms with E-state index in [1.807, 2.05) is 48.5 Å². The molecule has 0 N–H and O–H groups in total. The minimum atomic E-state index is -0.140. The number of carbonyl (C=O) groups excluding carboxylic acids is 2. The molecule has 2 aromatic rings. The van der Waals surface area contributed by atoms with Gasteiger partial charge in [0.15, 0.2) is 5.78 Å². The van der Waals surface area contributed by atoms with Crippen molar-refractivity contribution in [1.82, 2.24) is 0 Å². The molecule has 0 saturated carbocycles. The summed E-state index contributed by atoms with van der Waals surface area (Å²) in [5, 5.41) is 0. The zero-order valence-electron chi connectivity index (χ0n) is 11.0. The molecule has 2 aromatic carbocycles. The summed E-state index contributed by atoms with van der Waals surface area (Å²) in [5.74, 6) is 0.303. The van der Waals surface area contributed by atoms with Crippen molar-refractivity contribution >= 4 is 11.6 Å². The highest BCUT2D eigenvalue weighted by Crippen LogP contribution is 2.47. The molecule has 2 nitrogen and oxygen atoms in total. The van der Waals surface area contributed by atoms with Gasteiger partial charge in [-0.05, 0) is 16.7 Å². The van der Waals surface area contributed by atoms with E-state index in [-0.39, 0.29) is 23.4 Å². The number of fused-ring (bicyclic) bond motifs is 2. The quantitative estimate of drug-likeness (QED) is 0.790. The van der Waals surface area contributed by atoms with Crippen LogP contribution in [0.1, 0.15) is 45.3 Å². The number of carbonyl (C=O) groups is 2. The average molecular weight is 262 g/mol. The molecule has 0 spiro atoms. The molecule has 2 heteroatoms. The molecule has 0 fully saturated rings. The van der Waals surface area contributed by atoms with E-state index >= 15 is 0 Å². The van der Waals surface area contributed by atoms with Crippen molar-refractivity contribution in [2.75, 3.05) is 0 Å². The molecule has 0 heterocycles. The van der Waals surface area contributed by atoms with Crippen LogP contribution in [0.15, 0.2) is 48.5 Å². The van der Waals surface area contributed by atoms with Crippen LogP contribution in [-0.4, -0.2) is 11.6 Å². The molecule has 0 aliphatic heterocycles. The Bertz CT molecular complexity index is 730. The van der Waals surface area contributed by atoms with E-state index < -0.39 is 0 Å². The summed E-state index contributed by atoms with van der Waals surface area (Å²) in [6.45, 7) is 0. The van der Waals surface area contributed by atoms with Gasteiger partial charge in [0.2, 0.25) is 0 Å². The van der Waals surface area contributed by atoms with E-state index in [2.05, 4.69) is 0 Å². The number of ketones is 2. The fourth-order valence-electron chi connectivity index (χ4n) is 3.70. The lowest BCUT2D eigenvalue weighted by atomic mass is 9.83. The summed E-state index contributed by atoms with van der Waals surface area (Å²) in [5.41, 5.74) is 4.09. The Labute approximate surface area is 117 Å². The van der Waals surface area contributed by atoms with E-state index in [0.717, 1.165) is 22.3 Å². The van der Waals surface area contributed by atoms with Crippen LogP contribution < -0.4 is 0 Å². The van der Waals surface area contributed by atoms with Gasteiger partial charge in [-0.2, -0.15) is 0 Å².